The van der Waals surface area contributed by atoms with E-state index in [0.717, 1.165) is 39.5 Å². The summed E-state index contributed by atoms with van der Waals surface area (Å²) in [5.41, 5.74) is -0.513. The monoisotopic (exact) mass is 387 g/mol. The van der Waals surface area contributed by atoms with Gasteiger partial charge in [0.1, 0.15) is 17.7 Å². The predicted molar refractivity (Wildman–Crippen MR) is 86.1 cm³/mol. The van der Waals surface area contributed by atoms with Crippen molar-refractivity contribution in [3.8, 4) is 0 Å². The van der Waals surface area contributed by atoms with Gasteiger partial charge in [0.25, 0.3) is 0 Å². The molecule has 27 heavy (non-hydrogen) atoms. The summed E-state index contributed by atoms with van der Waals surface area (Å²) in [6.07, 6.45) is -1.32. The molecule has 148 valence electrons. The third-order valence-corrected chi connectivity index (χ3v) is 3.69. The first-order valence-electron chi connectivity index (χ1n) is 7.69. The van der Waals surface area contributed by atoms with E-state index in [1.165, 1.54) is 0 Å². The third-order valence-electron chi connectivity index (χ3n) is 3.69. The van der Waals surface area contributed by atoms with Crippen molar-refractivity contribution >= 4 is 23.8 Å². The maximum atomic E-state index is 13.7. The van der Waals surface area contributed by atoms with Crippen molar-refractivity contribution in [2.45, 2.75) is 18.9 Å². The van der Waals surface area contributed by atoms with Crippen LogP contribution in [-0.2, 0) is 39.8 Å². The van der Waals surface area contributed by atoms with Crippen LogP contribution >= 0.6 is 0 Å². The fraction of sp³-hybridized carbons (Fsp3) is 0.412. The number of esters is 3. The maximum absolute atomic E-state index is 13.7. The van der Waals surface area contributed by atoms with Gasteiger partial charge in [0.05, 0.1) is 40.1 Å². The summed E-state index contributed by atoms with van der Waals surface area (Å²) >= 11 is 0. The van der Waals surface area contributed by atoms with E-state index < -0.39 is 65.8 Å². The van der Waals surface area contributed by atoms with E-state index in [1.807, 2.05) is 0 Å². The summed E-state index contributed by atoms with van der Waals surface area (Å²) in [5.74, 6) is -7.17. The molecular formula is C17H19F2NO7. The minimum Gasteiger partial charge on any atom is -0.469 e. The molecule has 0 spiro atoms. The Balaban J connectivity index is 3.07. The van der Waals surface area contributed by atoms with Gasteiger partial charge in [-0.1, -0.05) is 6.07 Å². The van der Waals surface area contributed by atoms with Crippen molar-refractivity contribution in [3.63, 3.8) is 0 Å². The summed E-state index contributed by atoms with van der Waals surface area (Å²) in [6, 6.07) is 1.45. The van der Waals surface area contributed by atoms with Crippen LogP contribution in [0.15, 0.2) is 18.2 Å². The molecule has 1 amide bonds. The zero-order chi connectivity index (χ0) is 20.6. The molecule has 0 unspecified atom stereocenters. The number of halogens is 2. The number of nitrogens with one attached hydrogen (secondary N) is 1. The molecule has 0 saturated carbocycles. The average Bonchev–Trinajstić information content (AvgIpc) is 2.65. The highest BCUT2D eigenvalue weighted by atomic mass is 19.1. The number of hydrogen-bond acceptors (Lipinski definition) is 7. The number of carbonyl (C=O) groups is 4. The van der Waals surface area contributed by atoms with E-state index in [-0.39, 0.29) is 0 Å². The van der Waals surface area contributed by atoms with Crippen molar-refractivity contribution < 1.29 is 42.2 Å². The molecule has 0 fully saturated rings. The minimum atomic E-state index is -1.62. The van der Waals surface area contributed by atoms with Crippen LogP contribution in [0.3, 0.4) is 0 Å². The van der Waals surface area contributed by atoms with Crippen LogP contribution in [-0.4, -0.2) is 51.2 Å². The molecule has 0 heterocycles. The molecule has 0 bridgehead atoms. The Morgan fingerprint density at radius 1 is 0.963 bits per heavy atom. The quantitative estimate of drug-likeness (QED) is 0.512. The molecule has 0 radical (unpaired) electrons. The van der Waals surface area contributed by atoms with Gasteiger partial charge in [0.15, 0.2) is 0 Å². The van der Waals surface area contributed by atoms with Crippen LogP contribution in [0.25, 0.3) is 0 Å². The van der Waals surface area contributed by atoms with Gasteiger partial charge in [-0.05, 0) is 12.1 Å². The van der Waals surface area contributed by atoms with Gasteiger partial charge in [0.2, 0.25) is 5.91 Å². The van der Waals surface area contributed by atoms with E-state index in [4.69, 9.17) is 0 Å². The molecule has 0 aromatic heterocycles. The highest BCUT2D eigenvalue weighted by Gasteiger charge is 2.38. The van der Waals surface area contributed by atoms with E-state index in [0.29, 0.717) is 0 Å². The number of amides is 1. The van der Waals surface area contributed by atoms with Crippen LogP contribution in [0.4, 0.5) is 8.78 Å². The summed E-state index contributed by atoms with van der Waals surface area (Å²) in [7, 11) is 3.10. The maximum Gasteiger partial charge on any atom is 0.329 e. The molecule has 0 saturated heterocycles. The molecule has 0 aliphatic carbocycles. The van der Waals surface area contributed by atoms with Crippen LogP contribution in [0, 0.1) is 17.6 Å². The van der Waals surface area contributed by atoms with E-state index in [2.05, 4.69) is 19.5 Å². The Bertz CT molecular complexity index is 703. The van der Waals surface area contributed by atoms with Gasteiger partial charge in [-0.2, -0.15) is 0 Å². The van der Waals surface area contributed by atoms with E-state index in [1.54, 1.807) is 0 Å². The first-order chi connectivity index (χ1) is 12.7. The molecule has 0 aliphatic rings. The summed E-state index contributed by atoms with van der Waals surface area (Å²) in [4.78, 5) is 47.7. The van der Waals surface area contributed by atoms with Gasteiger partial charge in [-0.15, -0.1) is 0 Å². The SMILES string of the molecule is COC(=O)C[C@@H](C(=O)OC)[C@H](NC(=O)Cc1c(F)cccc1F)C(=O)OC. The first kappa shape index (κ1) is 22.0. The number of ether oxygens (including phenoxy) is 3. The predicted octanol–water partition coefficient (Wildman–Crippen LogP) is 0.517. The Labute approximate surface area is 153 Å². The average molecular weight is 387 g/mol. The zero-order valence-electron chi connectivity index (χ0n) is 14.9. The van der Waals surface area contributed by atoms with Crippen molar-refractivity contribution in [1.82, 2.24) is 5.32 Å². The lowest BCUT2D eigenvalue weighted by molar-refractivity contribution is -0.159. The minimum absolute atomic E-state index is 0.513. The Morgan fingerprint density at radius 2 is 1.52 bits per heavy atom. The van der Waals surface area contributed by atoms with Crippen LogP contribution in [0.5, 0.6) is 0 Å². The second kappa shape index (κ2) is 10.2. The van der Waals surface area contributed by atoms with Gasteiger partial charge in [-0.3, -0.25) is 14.4 Å². The lowest BCUT2D eigenvalue weighted by Gasteiger charge is -2.23. The third kappa shape index (κ3) is 6.01. The molecule has 1 N–H and O–H groups in total. The summed E-state index contributed by atoms with van der Waals surface area (Å²) in [5, 5.41) is 2.16. The molecule has 2 atom stereocenters. The standard InChI is InChI=1S/C17H19F2NO7/c1-25-14(22)8-10(16(23)26-2)15(17(24)27-3)20-13(21)7-9-11(18)5-4-6-12(9)19/h4-6,10,15H,7-8H2,1-3H3,(H,20,21)/t10-,15+/m1/s1. The van der Waals surface area contributed by atoms with Crippen LogP contribution < -0.4 is 5.32 Å². The van der Waals surface area contributed by atoms with Gasteiger partial charge >= 0.3 is 17.9 Å². The molecule has 1 aromatic carbocycles. The highest BCUT2D eigenvalue weighted by Crippen LogP contribution is 2.16. The van der Waals surface area contributed by atoms with Gasteiger partial charge < -0.3 is 19.5 Å². The van der Waals surface area contributed by atoms with Crippen LogP contribution in [0.1, 0.15) is 12.0 Å². The topological polar surface area (TPSA) is 108 Å². The number of hydrogen-bond donors (Lipinski definition) is 1. The van der Waals surface area contributed by atoms with Gasteiger partial charge in [-0.25, -0.2) is 13.6 Å². The fourth-order valence-electron chi connectivity index (χ4n) is 2.29. The van der Waals surface area contributed by atoms with Crippen molar-refractivity contribution in [3.05, 3.63) is 35.4 Å². The Morgan fingerprint density at radius 3 is 2.00 bits per heavy atom. The Hall–Kier alpha value is -3.04. The van der Waals surface area contributed by atoms with Crippen molar-refractivity contribution in [2.75, 3.05) is 21.3 Å². The lowest BCUT2D eigenvalue weighted by atomic mass is 9.95. The number of carbonyl (C=O) groups excluding carboxylic acids is 4. The molecular weight excluding hydrogens is 368 g/mol. The number of rotatable bonds is 8. The summed E-state index contributed by atoms with van der Waals surface area (Å²) < 4.78 is 40.9. The van der Waals surface area contributed by atoms with Gasteiger partial charge in [0, 0.05) is 5.56 Å². The number of methoxy groups -OCH3 is 3. The zero-order valence-corrected chi connectivity index (χ0v) is 14.9. The fourth-order valence-corrected chi connectivity index (χ4v) is 2.29. The van der Waals surface area contributed by atoms with Crippen molar-refractivity contribution in [1.29, 1.82) is 0 Å². The molecule has 0 aliphatic heterocycles. The normalized spacial score (nSPS) is 12.5. The molecule has 10 heteroatoms. The van der Waals surface area contributed by atoms with Crippen LogP contribution in [0.2, 0.25) is 0 Å². The second-order valence-electron chi connectivity index (χ2n) is 5.36. The lowest BCUT2D eigenvalue weighted by Crippen LogP contribution is -2.50. The molecule has 1 aromatic rings. The van der Waals surface area contributed by atoms with E-state index >= 15 is 0 Å². The summed E-state index contributed by atoms with van der Waals surface area (Å²) in [6.45, 7) is 0. The largest absolute Gasteiger partial charge is 0.469 e. The molecule has 8 nitrogen and oxygen atoms in total. The second-order valence-corrected chi connectivity index (χ2v) is 5.36. The number of benzene rings is 1. The van der Waals surface area contributed by atoms with Crippen molar-refractivity contribution in [2.24, 2.45) is 5.92 Å². The Kier molecular flexibility index (Phi) is 8.31. The smallest absolute Gasteiger partial charge is 0.329 e. The first-order valence-corrected chi connectivity index (χ1v) is 7.69. The highest BCUT2D eigenvalue weighted by molar-refractivity contribution is 5.91. The van der Waals surface area contributed by atoms with E-state index in [9.17, 15) is 28.0 Å². The molecule has 1 rings (SSSR count).